The van der Waals surface area contributed by atoms with Crippen LogP contribution in [-0.2, 0) is 0 Å². The van der Waals surface area contributed by atoms with Crippen LogP contribution in [0.3, 0.4) is 0 Å². The minimum atomic E-state index is -0.613. The van der Waals surface area contributed by atoms with E-state index in [1.54, 1.807) is 0 Å². The lowest BCUT2D eigenvalue weighted by Gasteiger charge is -2.14. The molecule has 0 saturated carbocycles. The van der Waals surface area contributed by atoms with Gasteiger partial charge in [0.15, 0.2) is 0 Å². The average molecular weight is 277 g/mol. The lowest BCUT2D eigenvalue weighted by atomic mass is 10.3. The van der Waals surface area contributed by atoms with Gasteiger partial charge < -0.3 is 15.2 Å². The highest BCUT2D eigenvalue weighted by Crippen LogP contribution is 2.12. The van der Waals surface area contributed by atoms with Crippen LogP contribution in [0.15, 0.2) is 30.3 Å². The SMILES string of the molecule is CC(C)NCC(O)COc1nnnn1-c1ccccc1. The standard InChI is InChI=1S/C13H19N5O2/c1-10(2)14-8-12(19)9-20-13-15-16-17-18(13)11-6-4-3-5-7-11/h3-7,10,12,14,19H,8-9H2,1-2H3. The zero-order chi connectivity index (χ0) is 14.4. The van der Waals surface area contributed by atoms with Gasteiger partial charge >= 0.3 is 6.01 Å². The number of benzene rings is 1. The second-order valence-corrected chi connectivity index (χ2v) is 4.74. The first-order chi connectivity index (χ1) is 9.66. The van der Waals surface area contributed by atoms with Crippen molar-refractivity contribution in [2.24, 2.45) is 0 Å². The predicted octanol–water partition coefficient (Wildman–Crippen LogP) is 0.400. The van der Waals surface area contributed by atoms with Crippen molar-refractivity contribution < 1.29 is 9.84 Å². The number of tetrazole rings is 1. The fourth-order valence-corrected chi connectivity index (χ4v) is 1.60. The van der Waals surface area contributed by atoms with Gasteiger partial charge in [-0.1, -0.05) is 37.1 Å². The van der Waals surface area contributed by atoms with Gasteiger partial charge in [-0.05, 0) is 22.6 Å². The second-order valence-electron chi connectivity index (χ2n) is 4.74. The van der Waals surface area contributed by atoms with Crippen LogP contribution < -0.4 is 10.1 Å². The van der Waals surface area contributed by atoms with Crippen molar-refractivity contribution in [3.8, 4) is 11.7 Å². The summed E-state index contributed by atoms with van der Waals surface area (Å²) >= 11 is 0. The fourth-order valence-electron chi connectivity index (χ4n) is 1.60. The third kappa shape index (κ3) is 4.01. The number of para-hydroxylation sites is 1. The van der Waals surface area contributed by atoms with Crippen LogP contribution in [-0.4, -0.2) is 50.6 Å². The Morgan fingerprint density at radius 3 is 2.75 bits per heavy atom. The minimum absolute atomic E-state index is 0.132. The summed E-state index contributed by atoms with van der Waals surface area (Å²) in [6.07, 6.45) is -0.613. The Kier molecular flexibility index (Phi) is 5.03. The van der Waals surface area contributed by atoms with E-state index in [2.05, 4.69) is 20.8 Å². The normalized spacial score (nSPS) is 12.6. The number of hydrogen-bond donors (Lipinski definition) is 2. The van der Waals surface area contributed by atoms with Gasteiger partial charge in [-0.3, -0.25) is 0 Å². The maximum absolute atomic E-state index is 9.79. The monoisotopic (exact) mass is 277 g/mol. The van der Waals surface area contributed by atoms with E-state index in [0.717, 1.165) is 5.69 Å². The molecule has 0 bridgehead atoms. The molecule has 1 heterocycles. The summed E-state index contributed by atoms with van der Waals surface area (Å²) < 4.78 is 6.95. The van der Waals surface area contributed by atoms with Crippen molar-refractivity contribution in [2.75, 3.05) is 13.2 Å². The number of aromatic nitrogens is 4. The maximum atomic E-state index is 9.79. The average Bonchev–Trinajstić information content (AvgIpc) is 2.92. The number of aliphatic hydroxyl groups is 1. The van der Waals surface area contributed by atoms with E-state index in [1.807, 2.05) is 44.2 Å². The summed E-state index contributed by atoms with van der Waals surface area (Å²) in [5.74, 6) is 0. The van der Waals surface area contributed by atoms with Crippen molar-refractivity contribution in [3.63, 3.8) is 0 Å². The lowest BCUT2D eigenvalue weighted by molar-refractivity contribution is 0.0978. The van der Waals surface area contributed by atoms with E-state index >= 15 is 0 Å². The lowest BCUT2D eigenvalue weighted by Crippen LogP contribution is -2.35. The Morgan fingerprint density at radius 1 is 1.30 bits per heavy atom. The highest BCUT2D eigenvalue weighted by Gasteiger charge is 2.12. The van der Waals surface area contributed by atoms with Crippen molar-refractivity contribution in [1.29, 1.82) is 0 Å². The largest absolute Gasteiger partial charge is 0.459 e. The van der Waals surface area contributed by atoms with E-state index < -0.39 is 6.10 Å². The Balaban J connectivity index is 1.93. The third-order valence-corrected chi connectivity index (χ3v) is 2.61. The number of nitrogens with one attached hydrogen (secondary N) is 1. The molecule has 2 aromatic rings. The van der Waals surface area contributed by atoms with Crippen LogP contribution in [0.1, 0.15) is 13.8 Å². The molecule has 20 heavy (non-hydrogen) atoms. The minimum Gasteiger partial charge on any atom is -0.459 e. The quantitative estimate of drug-likeness (QED) is 0.762. The van der Waals surface area contributed by atoms with Crippen LogP contribution >= 0.6 is 0 Å². The zero-order valence-electron chi connectivity index (χ0n) is 11.6. The molecule has 1 atom stereocenters. The Hall–Kier alpha value is -1.99. The van der Waals surface area contributed by atoms with Crippen molar-refractivity contribution in [1.82, 2.24) is 25.5 Å². The summed E-state index contributed by atoms with van der Waals surface area (Å²) in [6, 6.07) is 10.0. The summed E-state index contributed by atoms with van der Waals surface area (Å²) in [4.78, 5) is 0. The fraction of sp³-hybridized carbons (Fsp3) is 0.462. The molecule has 2 rings (SSSR count). The summed E-state index contributed by atoms with van der Waals surface area (Å²) in [5, 5.41) is 24.2. The van der Waals surface area contributed by atoms with Crippen molar-refractivity contribution in [2.45, 2.75) is 26.0 Å². The van der Waals surface area contributed by atoms with Crippen LogP contribution in [0.5, 0.6) is 6.01 Å². The van der Waals surface area contributed by atoms with Crippen LogP contribution in [0.2, 0.25) is 0 Å². The molecular formula is C13H19N5O2. The van der Waals surface area contributed by atoms with Gasteiger partial charge in [0.05, 0.1) is 5.69 Å². The van der Waals surface area contributed by atoms with Gasteiger partial charge in [-0.15, -0.1) is 0 Å². The summed E-state index contributed by atoms with van der Waals surface area (Å²) in [7, 11) is 0. The third-order valence-electron chi connectivity index (χ3n) is 2.61. The molecule has 0 aliphatic carbocycles. The molecule has 2 N–H and O–H groups in total. The molecule has 0 radical (unpaired) electrons. The molecule has 1 aromatic carbocycles. The molecule has 7 heteroatoms. The van der Waals surface area contributed by atoms with E-state index in [4.69, 9.17) is 4.74 Å². The molecule has 0 fully saturated rings. The van der Waals surface area contributed by atoms with Crippen LogP contribution in [0, 0.1) is 0 Å². The van der Waals surface area contributed by atoms with Gasteiger partial charge in [0.2, 0.25) is 0 Å². The molecule has 0 spiro atoms. The number of rotatable bonds is 7. The molecule has 108 valence electrons. The van der Waals surface area contributed by atoms with Gasteiger partial charge in [-0.2, -0.15) is 4.68 Å². The molecule has 0 aliphatic heterocycles. The van der Waals surface area contributed by atoms with E-state index in [9.17, 15) is 5.11 Å². The highest BCUT2D eigenvalue weighted by molar-refractivity contribution is 5.31. The number of hydrogen-bond acceptors (Lipinski definition) is 6. The predicted molar refractivity (Wildman–Crippen MR) is 73.8 cm³/mol. The Morgan fingerprint density at radius 2 is 2.05 bits per heavy atom. The van der Waals surface area contributed by atoms with Crippen LogP contribution in [0.4, 0.5) is 0 Å². The van der Waals surface area contributed by atoms with Gasteiger partial charge in [-0.25, -0.2) is 0 Å². The second kappa shape index (κ2) is 6.97. The van der Waals surface area contributed by atoms with Gasteiger partial charge in [0.25, 0.3) is 0 Å². The Bertz CT molecular complexity index is 514. The molecule has 0 saturated heterocycles. The van der Waals surface area contributed by atoms with E-state index in [1.165, 1.54) is 4.68 Å². The number of nitrogens with zero attached hydrogens (tertiary/aromatic N) is 4. The van der Waals surface area contributed by atoms with E-state index in [-0.39, 0.29) is 12.6 Å². The number of ether oxygens (including phenoxy) is 1. The molecule has 0 amide bonds. The topological polar surface area (TPSA) is 85.1 Å². The molecule has 0 aliphatic rings. The first kappa shape index (κ1) is 14.4. The van der Waals surface area contributed by atoms with Gasteiger partial charge in [0, 0.05) is 12.6 Å². The van der Waals surface area contributed by atoms with E-state index in [0.29, 0.717) is 12.6 Å². The molecule has 1 aromatic heterocycles. The Labute approximate surface area is 117 Å². The zero-order valence-corrected chi connectivity index (χ0v) is 11.6. The molecular weight excluding hydrogens is 258 g/mol. The maximum Gasteiger partial charge on any atom is 0.340 e. The first-order valence-electron chi connectivity index (χ1n) is 6.55. The van der Waals surface area contributed by atoms with Crippen LogP contribution in [0.25, 0.3) is 5.69 Å². The molecule has 1 unspecified atom stereocenters. The number of aliphatic hydroxyl groups excluding tert-OH is 1. The molecule has 7 nitrogen and oxygen atoms in total. The first-order valence-corrected chi connectivity index (χ1v) is 6.55. The van der Waals surface area contributed by atoms with Gasteiger partial charge in [0.1, 0.15) is 12.7 Å². The summed E-state index contributed by atoms with van der Waals surface area (Å²) in [5.41, 5.74) is 0.808. The van der Waals surface area contributed by atoms with Crippen molar-refractivity contribution in [3.05, 3.63) is 30.3 Å². The summed E-state index contributed by atoms with van der Waals surface area (Å²) in [6.45, 7) is 4.63. The highest BCUT2D eigenvalue weighted by atomic mass is 16.5. The van der Waals surface area contributed by atoms with Crippen molar-refractivity contribution >= 4 is 0 Å². The smallest absolute Gasteiger partial charge is 0.340 e.